The average molecular weight is 293 g/mol. The van der Waals surface area contributed by atoms with Gasteiger partial charge in [0.05, 0.1) is 12.1 Å². The van der Waals surface area contributed by atoms with Crippen molar-refractivity contribution in [3.8, 4) is 0 Å². The predicted molar refractivity (Wildman–Crippen MR) is 67.8 cm³/mol. The summed E-state index contributed by atoms with van der Waals surface area (Å²) in [6, 6.07) is 0.0515. The Morgan fingerprint density at radius 3 is 2.73 bits per heavy atom. The third-order valence-electron chi connectivity index (χ3n) is 2.40. The van der Waals surface area contributed by atoms with Crippen molar-refractivity contribution in [3.63, 3.8) is 0 Å². The molecule has 0 aliphatic rings. The Bertz CT molecular complexity index is 293. The Labute approximate surface area is 103 Å². The van der Waals surface area contributed by atoms with E-state index in [-0.39, 0.29) is 12.1 Å². The lowest BCUT2D eigenvalue weighted by molar-refractivity contribution is 0.0605. The summed E-state index contributed by atoms with van der Waals surface area (Å²) in [6.07, 6.45) is 2.19. The third kappa shape index (κ3) is 3.26. The monoisotopic (exact) mass is 292 g/mol. The fraction of sp³-hybridized carbons (Fsp3) is 0.600. The molecule has 0 aliphatic heterocycles. The summed E-state index contributed by atoms with van der Waals surface area (Å²) in [7, 11) is 1.73. The molecule has 0 saturated carbocycles. The molecule has 3 N–H and O–H groups in total. The van der Waals surface area contributed by atoms with E-state index in [1.54, 1.807) is 18.4 Å². The molecule has 3 nitrogen and oxygen atoms in total. The summed E-state index contributed by atoms with van der Waals surface area (Å²) in [5, 5.41) is 4.15. The number of nitrogens with two attached hydrogens (primary N) is 1. The molecule has 0 amide bonds. The van der Waals surface area contributed by atoms with Gasteiger partial charge in [-0.1, -0.05) is 13.3 Å². The molecule has 0 bridgehead atoms. The van der Waals surface area contributed by atoms with Crippen LogP contribution in [-0.4, -0.2) is 13.2 Å². The van der Waals surface area contributed by atoms with E-state index in [4.69, 9.17) is 10.6 Å². The van der Waals surface area contributed by atoms with Crippen molar-refractivity contribution in [2.24, 2.45) is 5.84 Å². The van der Waals surface area contributed by atoms with Crippen LogP contribution in [0.15, 0.2) is 15.2 Å². The molecular formula is C10H17BrN2OS. The van der Waals surface area contributed by atoms with Crippen LogP contribution in [0.5, 0.6) is 0 Å². The number of thiophene rings is 1. The number of nitrogens with one attached hydrogen (secondary N) is 1. The Morgan fingerprint density at radius 2 is 2.33 bits per heavy atom. The number of methoxy groups -OCH3 is 1. The number of hydrazine groups is 1. The molecule has 0 saturated heterocycles. The van der Waals surface area contributed by atoms with Gasteiger partial charge in [-0.3, -0.25) is 11.3 Å². The summed E-state index contributed by atoms with van der Waals surface area (Å²) in [4.78, 5) is 0. The molecule has 86 valence electrons. The van der Waals surface area contributed by atoms with Crippen molar-refractivity contribution in [1.29, 1.82) is 0 Å². The van der Waals surface area contributed by atoms with Gasteiger partial charge in [-0.05, 0) is 33.3 Å². The second-order valence-electron chi connectivity index (χ2n) is 3.38. The van der Waals surface area contributed by atoms with Crippen molar-refractivity contribution in [2.45, 2.75) is 31.9 Å². The Morgan fingerprint density at radius 1 is 1.60 bits per heavy atom. The molecule has 0 spiro atoms. The standard InChI is InChI=1S/C10H17BrN2OS/c1-3-4-9(14-2)10(13-12)7-5-15-6-8(7)11/h5-6,9-10,13H,3-4,12H2,1-2H3. The van der Waals surface area contributed by atoms with Gasteiger partial charge in [0.2, 0.25) is 0 Å². The zero-order chi connectivity index (χ0) is 11.3. The minimum atomic E-state index is 0.0515. The first-order chi connectivity index (χ1) is 7.24. The van der Waals surface area contributed by atoms with Crippen LogP contribution in [0.3, 0.4) is 0 Å². The van der Waals surface area contributed by atoms with Crippen LogP contribution in [0, 0.1) is 0 Å². The molecule has 2 atom stereocenters. The average Bonchev–Trinajstić information content (AvgIpc) is 2.65. The third-order valence-corrected chi connectivity index (χ3v) is 4.16. The van der Waals surface area contributed by atoms with Gasteiger partial charge in [0.25, 0.3) is 0 Å². The first-order valence-electron chi connectivity index (χ1n) is 4.95. The van der Waals surface area contributed by atoms with Gasteiger partial charge in [0.1, 0.15) is 0 Å². The van der Waals surface area contributed by atoms with Crippen LogP contribution in [0.2, 0.25) is 0 Å². The maximum Gasteiger partial charge on any atom is 0.0779 e. The molecule has 0 fully saturated rings. The van der Waals surface area contributed by atoms with Gasteiger partial charge in [-0.2, -0.15) is 11.3 Å². The second kappa shape index (κ2) is 6.60. The fourth-order valence-electron chi connectivity index (χ4n) is 1.62. The fourth-order valence-corrected chi connectivity index (χ4v) is 3.20. The molecule has 1 aromatic heterocycles. The topological polar surface area (TPSA) is 47.3 Å². The van der Waals surface area contributed by atoms with Gasteiger partial charge in [0.15, 0.2) is 0 Å². The number of rotatable bonds is 6. The van der Waals surface area contributed by atoms with E-state index in [1.165, 1.54) is 5.56 Å². The molecule has 5 heteroatoms. The van der Waals surface area contributed by atoms with Crippen molar-refractivity contribution >= 4 is 27.3 Å². The highest BCUT2D eigenvalue weighted by Gasteiger charge is 2.23. The van der Waals surface area contributed by atoms with E-state index >= 15 is 0 Å². The maximum atomic E-state index is 5.59. The Hall–Kier alpha value is 0.0600. The van der Waals surface area contributed by atoms with E-state index in [1.807, 2.05) is 0 Å². The van der Waals surface area contributed by atoms with Crippen molar-refractivity contribution in [2.75, 3.05) is 7.11 Å². The van der Waals surface area contributed by atoms with Gasteiger partial charge in [-0.25, -0.2) is 0 Å². The van der Waals surface area contributed by atoms with Crippen LogP contribution < -0.4 is 11.3 Å². The minimum Gasteiger partial charge on any atom is -0.379 e. The highest BCUT2D eigenvalue weighted by molar-refractivity contribution is 9.10. The molecule has 0 aromatic carbocycles. The van der Waals surface area contributed by atoms with E-state index in [0.29, 0.717) is 0 Å². The quantitative estimate of drug-likeness (QED) is 0.626. The second-order valence-corrected chi connectivity index (χ2v) is 4.98. The maximum absolute atomic E-state index is 5.59. The number of ether oxygens (including phenoxy) is 1. The van der Waals surface area contributed by atoms with Gasteiger partial charge in [0, 0.05) is 17.0 Å². The van der Waals surface area contributed by atoms with Crippen LogP contribution in [-0.2, 0) is 4.74 Å². The van der Waals surface area contributed by atoms with Gasteiger partial charge < -0.3 is 4.74 Å². The van der Waals surface area contributed by atoms with E-state index in [2.05, 4.69) is 39.0 Å². The van der Waals surface area contributed by atoms with Crippen LogP contribution >= 0.6 is 27.3 Å². The molecule has 0 aliphatic carbocycles. The SMILES string of the molecule is CCCC(OC)C(NN)c1cscc1Br. The molecular weight excluding hydrogens is 276 g/mol. The normalized spacial score (nSPS) is 15.2. The van der Waals surface area contributed by atoms with Crippen LogP contribution in [0.4, 0.5) is 0 Å². The number of hydrogen-bond acceptors (Lipinski definition) is 4. The van der Waals surface area contributed by atoms with E-state index in [9.17, 15) is 0 Å². The van der Waals surface area contributed by atoms with E-state index < -0.39 is 0 Å². The lowest BCUT2D eigenvalue weighted by atomic mass is 10.0. The highest BCUT2D eigenvalue weighted by atomic mass is 79.9. The first-order valence-corrected chi connectivity index (χ1v) is 6.68. The summed E-state index contributed by atoms with van der Waals surface area (Å²) in [5.41, 5.74) is 4.00. The summed E-state index contributed by atoms with van der Waals surface area (Å²) in [5.74, 6) is 5.59. The molecule has 15 heavy (non-hydrogen) atoms. The lowest BCUT2D eigenvalue weighted by Crippen LogP contribution is -2.37. The van der Waals surface area contributed by atoms with Crippen LogP contribution in [0.25, 0.3) is 0 Å². The first kappa shape index (κ1) is 13.1. The largest absolute Gasteiger partial charge is 0.379 e. The minimum absolute atomic E-state index is 0.0515. The predicted octanol–water partition coefficient (Wildman–Crippen LogP) is 2.83. The molecule has 1 heterocycles. The summed E-state index contributed by atoms with van der Waals surface area (Å²) in [6.45, 7) is 2.14. The Balaban J connectivity index is 2.82. The zero-order valence-corrected chi connectivity index (χ0v) is 11.4. The molecule has 0 radical (unpaired) electrons. The van der Waals surface area contributed by atoms with Crippen molar-refractivity contribution in [1.82, 2.24) is 5.43 Å². The molecule has 2 unspecified atom stereocenters. The van der Waals surface area contributed by atoms with Gasteiger partial charge >= 0.3 is 0 Å². The van der Waals surface area contributed by atoms with Crippen molar-refractivity contribution in [3.05, 3.63) is 20.8 Å². The van der Waals surface area contributed by atoms with E-state index in [0.717, 1.165) is 17.3 Å². The zero-order valence-electron chi connectivity index (χ0n) is 9.00. The summed E-state index contributed by atoms with van der Waals surface area (Å²) < 4.78 is 6.56. The number of hydrogen-bond donors (Lipinski definition) is 2. The summed E-state index contributed by atoms with van der Waals surface area (Å²) >= 11 is 5.17. The van der Waals surface area contributed by atoms with Crippen LogP contribution in [0.1, 0.15) is 31.4 Å². The van der Waals surface area contributed by atoms with Crippen molar-refractivity contribution < 1.29 is 4.74 Å². The Kier molecular flexibility index (Phi) is 5.78. The smallest absolute Gasteiger partial charge is 0.0779 e. The lowest BCUT2D eigenvalue weighted by Gasteiger charge is -2.25. The molecule has 1 aromatic rings. The molecule has 1 rings (SSSR count). The number of halogens is 1. The highest BCUT2D eigenvalue weighted by Crippen LogP contribution is 2.31. The van der Waals surface area contributed by atoms with Gasteiger partial charge in [-0.15, -0.1) is 0 Å².